The fourth-order valence-corrected chi connectivity index (χ4v) is 4.00. The van der Waals surface area contributed by atoms with Crippen LogP contribution in [0.15, 0.2) is 48.5 Å². The molecule has 4 N–H and O–H groups in total. The second-order valence-electron chi connectivity index (χ2n) is 7.07. The first-order chi connectivity index (χ1) is 12.4. The van der Waals surface area contributed by atoms with Gasteiger partial charge in [-0.15, -0.1) is 0 Å². The standard InChI is InChI=1S/C20H19NO5/c21-20(19(24)25,15-9-13(15)18(22)23)10-14-11-5-1-3-7-16(11)26-17-8-4-2-6-12(14)17/h1-8,13-15H,9-10,21H2,(H,22,23)(H,24,25)/t13-,15-,20?/m1/s1. The van der Waals surface area contributed by atoms with Crippen LogP contribution in [0.3, 0.4) is 0 Å². The van der Waals surface area contributed by atoms with Gasteiger partial charge in [-0.1, -0.05) is 36.4 Å². The number of carbonyl (C=O) groups is 2. The Labute approximate surface area is 150 Å². The quantitative estimate of drug-likeness (QED) is 0.762. The van der Waals surface area contributed by atoms with Crippen LogP contribution in [0.5, 0.6) is 11.5 Å². The highest BCUT2D eigenvalue weighted by molar-refractivity contribution is 5.83. The lowest BCUT2D eigenvalue weighted by molar-refractivity contribution is -0.145. The molecule has 1 aliphatic carbocycles. The van der Waals surface area contributed by atoms with Gasteiger partial charge in [-0.2, -0.15) is 0 Å². The molecule has 6 nitrogen and oxygen atoms in total. The lowest BCUT2D eigenvalue weighted by Crippen LogP contribution is -2.52. The number of rotatable bonds is 5. The molecular weight excluding hydrogens is 334 g/mol. The summed E-state index contributed by atoms with van der Waals surface area (Å²) in [7, 11) is 0. The van der Waals surface area contributed by atoms with Gasteiger partial charge in [0.25, 0.3) is 0 Å². The van der Waals surface area contributed by atoms with Gasteiger partial charge in [-0.05, 0) is 25.0 Å². The Hall–Kier alpha value is -2.86. The van der Waals surface area contributed by atoms with Crippen LogP contribution in [0, 0.1) is 11.8 Å². The molecule has 1 aliphatic heterocycles. The smallest absolute Gasteiger partial charge is 0.324 e. The summed E-state index contributed by atoms with van der Waals surface area (Å²) >= 11 is 0. The highest BCUT2D eigenvalue weighted by Crippen LogP contribution is 2.53. The van der Waals surface area contributed by atoms with Crippen LogP contribution in [-0.4, -0.2) is 27.7 Å². The number of hydrogen-bond donors (Lipinski definition) is 3. The number of aliphatic carboxylic acids is 2. The van der Waals surface area contributed by atoms with Gasteiger partial charge in [0, 0.05) is 23.0 Å². The minimum atomic E-state index is -1.61. The fraction of sp³-hybridized carbons (Fsp3) is 0.300. The van der Waals surface area contributed by atoms with E-state index in [1.165, 1.54) is 0 Å². The molecule has 134 valence electrons. The zero-order valence-corrected chi connectivity index (χ0v) is 14.0. The van der Waals surface area contributed by atoms with Gasteiger partial charge in [0.15, 0.2) is 0 Å². The van der Waals surface area contributed by atoms with E-state index in [4.69, 9.17) is 10.5 Å². The van der Waals surface area contributed by atoms with Gasteiger partial charge in [0.1, 0.15) is 17.0 Å². The molecular formula is C20H19NO5. The number of ether oxygens (including phenoxy) is 1. The van der Waals surface area contributed by atoms with Crippen molar-refractivity contribution in [3.8, 4) is 11.5 Å². The van der Waals surface area contributed by atoms with Gasteiger partial charge >= 0.3 is 11.9 Å². The van der Waals surface area contributed by atoms with Crippen molar-refractivity contribution in [3.63, 3.8) is 0 Å². The predicted octanol–water partition coefficient (Wildman–Crippen LogP) is 2.82. The van der Waals surface area contributed by atoms with Gasteiger partial charge in [-0.25, -0.2) is 0 Å². The normalized spacial score (nSPS) is 23.1. The molecule has 1 fully saturated rings. The Balaban J connectivity index is 1.75. The third kappa shape index (κ3) is 2.54. The van der Waals surface area contributed by atoms with E-state index in [9.17, 15) is 19.8 Å². The summed E-state index contributed by atoms with van der Waals surface area (Å²) < 4.78 is 5.94. The van der Waals surface area contributed by atoms with Gasteiger partial charge in [0.05, 0.1) is 5.92 Å². The van der Waals surface area contributed by atoms with Crippen LogP contribution in [0.1, 0.15) is 29.9 Å². The lowest BCUT2D eigenvalue weighted by atomic mass is 9.76. The number of carboxylic acids is 2. The average molecular weight is 353 g/mol. The molecule has 0 aromatic heterocycles. The largest absolute Gasteiger partial charge is 0.481 e. The maximum Gasteiger partial charge on any atom is 0.324 e. The fourth-order valence-electron chi connectivity index (χ4n) is 4.00. The van der Waals surface area contributed by atoms with Crippen LogP contribution >= 0.6 is 0 Å². The molecule has 6 heteroatoms. The number of nitrogens with two attached hydrogens (primary N) is 1. The van der Waals surface area contributed by atoms with Crippen LogP contribution in [-0.2, 0) is 9.59 Å². The topological polar surface area (TPSA) is 110 Å². The molecule has 26 heavy (non-hydrogen) atoms. The van der Waals surface area contributed by atoms with Crippen molar-refractivity contribution in [2.75, 3.05) is 0 Å². The van der Waals surface area contributed by atoms with E-state index in [1.54, 1.807) is 0 Å². The number of fused-ring (bicyclic) bond motifs is 2. The van der Waals surface area contributed by atoms with Crippen LogP contribution in [0.2, 0.25) is 0 Å². The second-order valence-corrected chi connectivity index (χ2v) is 7.07. The van der Waals surface area contributed by atoms with Crippen molar-refractivity contribution in [3.05, 3.63) is 59.7 Å². The Kier molecular flexibility index (Phi) is 3.73. The number of hydrogen-bond acceptors (Lipinski definition) is 4. The highest BCUT2D eigenvalue weighted by Gasteiger charge is 2.59. The molecule has 0 spiro atoms. The number of benzene rings is 2. The van der Waals surface area contributed by atoms with E-state index < -0.39 is 29.3 Å². The van der Waals surface area contributed by atoms with Crippen molar-refractivity contribution in [2.45, 2.75) is 24.3 Å². The minimum absolute atomic E-state index is 0.119. The third-order valence-electron chi connectivity index (χ3n) is 5.52. The van der Waals surface area contributed by atoms with Crippen LogP contribution < -0.4 is 10.5 Å². The molecule has 2 aromatic rings. The zero-order chi connectivity index (χ0) is 18.5. The second kappa shape index (κ2) is 5.85. The Morgan fingerprint density at radius 2 is 1.58 bits per heavy atom. The molecule has 3 atom stereocenters. The predicted molar refractivity (Wildman–Crippen MR) is 93.2 cm³/mol. The molecule has 2 aliphatic rings. The van der Waals surface area contributed by atoms with E-state index >= 15 is 0 Å². The minimum Gasteiger partial charge on any atom is -0.481 e. The third-order valence-corrected chi connectivity index (χ3v) is 5.52. The molecule has 1 saturated carbocycles. The maximum atomic E-state index is 12.0. The number of carboxylic acid groups (broad SMARTS) is 2. The Morgan fingerprint density at radius 3 is 2.04 bits per heavy atom. The molecule has 0 amide bonds. The van der Waals surface area contributed by atoms with Gasteiger partial charge < -0.3 is 20.7 Å². The van der Waals surface area contributed by atoms with Crippen molar-refractivity contribution < 1.29 is 24.5 Å². The Morgan fingerprint density at radius 1 is 1.04 bits per heavy atom. The van der Waals surface area contributed by atoms with Gasteiger partial charge in [0.2, 0.25) is 0 Å². The Bertz CT molecular complexity index is 850. The highest BCUT2D eigenvalue weighted by atomic mass is 16.5. The zero-order valence-electron chi connectivity index (χ0n) is 14.0. The van der Waals surface area contributed by atoms with E-state index in [0.29, 0.717) is 17.9 Å². The molecule has 1 unspecified atom stereocenters. The maximum absolute atomic E-state index is 12.0. The van der Waals surface area contributed by atoms with Crippen molar-refractivity contribution in [1.82, 2.24) is 0 Å². The van der Waals surface area contributed by atoms with Crippen LogP contribution in [0.25, 0.3) is 0 Å². The SMILES string of the molecule is NC(CC1c2ccccc2Oc2ccccc21)(C(=O)O)[C@@H]1C[C@H]1C(=O)O. The number of para-hydroxylation sites is 2. The molecule has 0 bridgehead atoms. The van der Waals surface area contributed by atoms with Crippen molar-refractivity contribution in [2.24, 2.45) is 17.6 Å². The molecule has 0 saturated heterocycles. The summed E-state index contributed by atoms with van der Waals surface area (Å²) in [5.74, 6) is -2.33. The van der Waals surface area contributed by atoms with Gasteiger partial charge in [-0.3, -0.25) is 9.59 Å². The molecule has 2 aromatic carbocycles. The summed E-state index contributed by atoms with van der Waals surface area (Å²) in [6, 6.07) is 15.0. The van der Waals surface area contributed by atoms with Crippen LogP contribution in [0.4, 0.5) is 0 Å². The summed E-state index contributed by atoms with van der Waals surface area (Å²) in [5, 5.41) is 19.0. The summed E-state index contributed by atoms with van der Waals surface area (Å²) in [5.41, 5.74) is 6.45. The molecule has 1 heterocycles. The first-order valence-electron chi connectivity index (χ1n) is 8.52. The van der Waals surface area contributed by atoms with E-state index in [1.807, 2.05) is 48.5 Å². The summed E-state index contributed by atoms with van der Waals surface area (Å²) in [6.45, 7) is 0. The van der Waals surface area contributed by atoms with E-state index in [-0.39, 0.29) is 12.3 Å². The average Bonchev–Trinajstić information content (AvgIpc) is 3.43. The first-order valence-corrected chi connectivity index (χ1v) is 8.52. The van der Waals surface area contributed by atoms with Crippen molar-refractivity contribution in [1.29, 1.82) is 0 Å². The van der Waals surface area contributed by atoms with Crippen molar-refractivity contribution >= 4 is 11.9 Å². The molecule has 4 rings (SSSR count). The first kappa shape index (κ1) is 16.6. The van der Waals surface area contributed by atoms with E-state index in [2.05, 4.69) is 0 Å². The summed E-state index contributed by atoms with van der Waals surface area (Å²) in [6.07, 6.45) is 0.415. The lowest BCUT2D eigenvalue weighted by Gasteiger charge is -2.34. The monoisotopic (exact) mass is 353 g/mol. The summed E-state index contributed by atoms with van der Waals surface area (Å²) in [4.78, 5) is 23.3. The van der Waals surface area contributed by atoms with E-state index in [0.717, 1.165) is 11.1 Å². The molecule has 0 radical (unpaired) electrons.